The average Bonchev–Trinajstić information content (AvgIpc) is 2.28. The predicted octanol–water partition coefficient (Wildman–Crippen LogP) is 1.95. The lowest BCUT2D eigenvalue weighted by atomic mass is 10.1. The third kappa shape index (κ3) is 4.82. The number of aryl methyl sites for hydroxylation is 1. The molecule has 0 aromatic heterocycles. The first-order valence-electron chi connectivity index (χ1n) is 5.45. The van der Waals surface area contributed by atoms with Crippen LogP contribution in [0.15, 0.2) is 23.3 Å². The van der Waals surface area contributed by atoms with Crippen LogP contribution in [0.1, 0.15) is 24.5 Å². The van der Waals surface area contributed by atoms with Crippen molar-refractivity contribution in [3.8, 4) is 5.75 Å². The molecule has 0 amide bonds. The molecule has 0 saturated heterocycles. The highest BCUT2D eigenvalue weighted by molar-refractivity contribution is 7.80. The monoisotopic (exact) mass is 251 g/mol. The van der Waals surface area contributed by atoms with E-state index in [-0.39, 0.29) is 5.11 Å². The number of nitrogens with two attached hydrogens (primary N) is 1. The van der Waals surface area contributed by atoms with Gasteiger partial charge in [0.1, 0.15) is 5.75 Å². The quantitative estimate of drug-likeness (QED) is 0.477. The van der Waals surface area contributed by atoms with Gasteiger partial charge in [-0.1, -0.05) is 6.92 Å². The number of rotatable bonds is 5. The SMILES string of the molecule is CCCOc1ccc(C=NNC(N)=S)c(C)c1. The van der Waals surface area contributed by atoms with Crippen LogP contribution in [0, 0.1) is 6.92 Å². The minimum atomic E-state index is 0.154. The molecule has 0 spiro atoms. The van der Waals surface area contributed by atoms with Crippen molar-refractivity contribution in [1.82, 2.24) is 5.43 Å². The van der Waals surface area contributed by atoms with E-state index in [2.05, 4.69) is 29.7 Å². The van der Waals surface area contributed by atoms with Crippen LogP contribution in [0.25, 0.3) is 0 Å². The second-order valence-corrected chi connectivity index (χ2v) is 4.04. The van der Waals surface area contributed by atoms with E-state index in [1.54, 1.807) is 6.21 Å². The number of hydrogen-bond acceptors (Lipinski definition) is 3. The maximum atomic E-state index is 5.53. The van der Waals surface area contributed by atoms with Crippen molar-refractivity contribution in [3.63, 3.8) is 0 Å². The molecule has 4 nitrogen and oxygen atoms in total. The second-order valence-electron chi connectivity index (χ2n) is 3.60. The van der Waals surface area contributed by atoms with Gasteiger partial charge in [0.15, 0.2) is 5.11 Å². The van der Waals surface area contributed by atoms with Crippen LogP contribution in [-0.4, -0.2) is 17.9 Å². The fourth-order valence-electron chi connectivity index (χ4n) is 1.27. The van der Waals surface area contributed by atoms with E-state index in [0.29, 0.717) is 0 Å². The Kier molecular flexibility index (Phi) is 5.42. The number of benzene rings is 1. The summed E-state index contributed by atoms with van der Waals surface area (Å²) in [5.41, 5.74) is 9.87. The molecule has 1 aromatic carbocycles. The van der Waals surface area contributed by atoms with Crippen LogP contribution in [0.4, 0.5) is 0 Å². The zero-order valence-corrected chi connectivity index (χ0v) is 10.9. The Morgan fingerprint density at radius 2 is 2.35 bits per heavy atom. The summed E-state index contributed by atoms with van der Waals surface area (Å²) in [5.74, 6) is 0.879. The van der Waals surface area contributed by atoms with Gasteiger partial charge in [-0.25, -0.2) is 0 Å². The van der Waals surface area contributed by atoms with Crippen LogP contribution in [-0.2, 0) is 0 Å². The number of nitrogens with zero attached hydrogens (tertiary/aromatic N) is 1. The first-order chi connectivity index (χ1) is 8.13. The minimum Gasteiger partial charge on any atom is -0.494 e. The average molecular weight is 251 g/mol. The lowest BCUT2D eigenvalue weighted by molar-refractivity contribution is 0.317. The summed E-state index contributed by atoms with van der Waals surface area (Å²) in [7, 11) is 0. The Morgan fingerprint density at radius 1 is 1.59 bits per heavy atom. The van der Waals surface area contributed by atoms with Gasteiger partial charge in [0.05, 0.1) is 12.8 Å². The van der Waals surface area contributed by atoms with E-state index in [9.17, 15) is 0 Å². The molecule has 0 fully saturated rings. The molecule has 5 heteroatoms. The number of nitrogens with one attached hydrogen (secondary N) is 1. The van der Waals surface area contributed by atoms with E-state index in [1.807, 2.05) is 25.1 Å². The molecule has 0 heterocycles. The highest BCUT2D eigenvalue weighted by Crippen LogP contribution is 2.16. The summed E-state index contributed by atoms with van der Waals surface area (Å²) in [4.78, 5) is 0. The van der Waals surface area contributed by atoms with Gasteiger partial charge in [-0.2, -0.15) is 5.10 Å². The third-order valence-corrected chi connectivity index (χ3v) is 2.18. The standard InChI is InChI=1S/C12H17N3OS/c1-3-6-16-11-5-4-10(9(2)7-11)8-14-15-12(13)17/h4-5,7-8H,3,6H2,1-2H3,(H3,13,15,17). The van der Waals surface area contributed by atoms with Crippen LogP contribution >= 0.6 is 12.2 Å². The molecular weight excluding hydrogens is 234 g/mol. The summed E-state index contributed by atoms with van der Waals surface area (Å²) < 4.78 is 5.53. The Bertz CT molecular complexity index is 418. The van der Waals surface area contributed by atoms with Crippen molar-refractivity contribution in [2.75, 3.05) is 6.61 Å². The van der Waals surface area contributed by atoms with Crippen LogP contribution in [0.3, 0.4) is 0 Å². The van der Waals surface area contributed by atoms with Crippen molar-refractivity contribution in [1.29, 1.82) is 0 Å². The van der Waals surface area contributed by atoms with Gasteiger partial charge in [-0.15, -0.1) is 0 Å². The van der Waals surface area contributed by atoms with Crippen LogP contribution < -0.4 is 15.9 Å². The molecule has 0 atom stereocenters. The molecule has 1 aromatic rings. The van der Waals surface area contributed by atoms with Crippen molar-refractivity contribution in [3.05, 3.63) is 29.3 Å². The zero-order valence-electron chi connectivity index (χ0n) is 10.1. The fourth-order valence-corrected chi connectivity index (χ4v) is 1.32. The molecule has 0 bridgehead atoms. The van der Waals surface area contributed by atoms with E-state index >= 15 is 0 Å². The third-order valence-electron chi connectivity index (χ3n) is 2.09. The number of hydrazone groups is 1. The summed E-state index contributed by atoms with van der Waals surface area (Å²) in [6, 6.07) is 5.85. The topological polar surface area (TPSA) is 59.6 Å². The van der Waals surface area contributed by atoms with E-state index in [1.165, 1.54) is 0 Å². The molecule has 0 radical (unpaired) electrons. The minimum absolute atomic E-state index is 0.154. The van der Waals surface area contributed by atoms with Gasteiger partial charge in [0.25, 0.3) is 0 Å². The molecule has 0 aliphatic carbocycles. The van der Waals surface area contributed by atoms with E-state index in [0.717, 1.165) is 29.9 Å². The normalized spacial score (nSPS) is 10.5. The largest absolute Gasteiger partial charge is 0.494 e. The first kappa shape index (κ1) is 13.4. The molecule has 3 N–H and O–H groups in total. The number of ether oxygens (including phenoxy) is 1. The summed E-state index contributed by atoms with van der Waals surface area (Å²) in [6.45, 7) is 4.81. The highest BCUT2D eigenvalue weighted by atomic mass is 32.1. The number of hydrogen-bond donors (Lipinski definition) is 2. The van der Waals surface area contributed by atoms with E-state index < -0.39 is 0 Å². The molecule has 1 rings (SSSR count). The second kappa shape index (κ2) is 6.85. The molecule has 92 valence electrons. The molecule has 0 aliphatic heterocycles. The van der Waals surface area contributed by atoms with Gasteiger partial charge in [-0.3, -0.25) is 5.43 Å². The Hall–Kier alpha value is -1.62. The summed E-state index contributed by atoms with van der Waals surface area (Å²) in [5, 5.41) is 4.07. The van der Waals surface area contributed by atoms with Gasteiger partial charge in [-0.05, 0) is 54.9 Å². The fraction of sp³-hybridized carbons (Fsp3) is 0.333. The van der Waals surface area contributed by atoms with Crippen molar-refractivity contribution < 1.29 is 4.74 Å². The van der Waals surface area contributed by atoms with Crippen molar-refractivity contribution >= 4 is 23.5 Å². The number of thiocarbonyl (C=S) groups is 1. The Labute approximate surface area is 107 Å². The maximum absolute atomic E-state index is 5.53. The lowest BCUT2D eigenvalue weighted by Gasteiger charge is -2.07. The molecule has 0 unspecified atom stereocenters. The molecule has 0 saturated carbocycles. The first-order valence-corrected chi connectivity index (χ1v) is 5.86. The molecular formula is C12H17N3OS. The smallest absolute Gasteiger partial charge is 0.184 e. The molecule has 17 heavy (non-hydrogen) atoms. The van der Waals surface area contributed by atoms with Gasteiger partial charge >= 0.3 is 0 Å². The van der Waals surface area contributed by atoms with Crippen molar-refractivity contribution in [2.24, 2.45) is 10.8 Å². The maximum Gasteiger partial charge on any atom is 0.184 e. The lowest BCUT2D eigenvalue weighted by Crippen LogP contribution is -2.24. The molecule has 0 aliphatic rings. The van der Waals surface area contributed by atoms with Gasteiger partial charge in [0.2, 0.25) is 0 Å². The van der Waals surface area contributed by atoms with Crippen LogP contribution in [0.5, 0.6) is 5.75 Å². The zero-order chi connectivity index (χ0) is 12.7. The van der Waals surface area contributed by atoms with Gasteiger partial charge in [0, 0.05) is 0 Å². The highest BCUT2D eigenvalue weighted by Gasteiger charge is 1.98. The Morgan fingerprint density at radius 3 is 2.94 bits per heavy atom. The van der Waals surface area contributed by atoms with E-state index in [4.69, 9.17) is 10.5 Å². The van der Waals surface area contributed by atoms with Crippen molar-refractivity contribution in [2.45, 2.75) is 20.3 Å². The predicted molar refractivity (Wildman–Crippen MR) is 74.5 cm³/mol. The Balaban J connectivity index is 2.68. The summed E-state index contributed by atoms with van der Waals surface area (Å²) in [6.07, 6.45) is 2.68. The summed E-state index contributed by atoms with van der Waals surface area (Å²) >= 11 is 4.65. The van der Waals surface area contributed by atoms with Gasteiger partial charge < -0.3 is 10.5 Å². The van der Waals surface area contributed by atoms with Crippen LogP contribution in [0.2, 0.25) is 0 Å².